The molecule has 1 aromatic carbocycles. The summed E-state index contributed by atoms with van der Waals surface area (Å²) in [6.45, 7) is 10.0. The lowest BCUT2D eigenvalue weighted by Crippen LogP contribution is -2.06. The van der Waals surface area contributed by atoms with E-state index in [4.69, 9.17) is 0 Å². The molecule has 18 heavy (non-hydrogen) atoms. The number of aryl methyl sites for hydroxylation is 2. The highest BCUT2D eigenvalue weighted by atomic mass is 16.3. The van der Waals surface area contributed by atoms with E-state index in [2.05, 4.69) is 50.5 Å². The van der Waals surface area contributed by atoms with E-state index in [-0.39, 0.29) is 5.92 Å². The number of benzene rings is 1. The number of allylic oxidation sites excluding steroid dienone is 1. The Morgan fingerprint density at radius 3 is 2.72 bits per heavy atom. The Kier molecular flexibility index (Phi) is 3.46. The van der Waals surface area contributed by atoms with Crippen LogP contribution in [0.3, 0.4) is 0 Å². The van der Waals surface area contributed by atoms with Crippen molar-refractivity contribution in [2.75, 3.05) is 0 Å². The highest BCUT2D eigenvalue weighted by molar-refractivity contribution is 5.87. The van der Waals surface area contributed by atoms with Gasteiger partial charge in [-0.2, -0.15) is 0 Å². The number of aromatic nitrogens is 1. The number of rotatable bonds is 4. The summed E-state index contributed by atoms with van der Waals surface area (Å²) in [6, 6.07) is 6.31. The van der Waals surface area contributed by atoms with Crippen molar-refractivity contribution in [3.05, 3.63) is 47.4 Å². The summed E-state index contributed by atoms with van der Waals surface area (Å²) in [7, 11) is 0. The van der Waals surface area contributed by atoms with Crippen molar-refractivity contribution in [1.29, 1.82) is 0 Å². The molecule has 0 aliphatic rings. The van der Waals surface area contributed by atoms with Crippen LogP contribution in [0, 0.1) is 19.8 Å². The fourth-order valence-electron chi connectivity index (χ4n) is 2.64. The fourth-order valence-corrected chi connectivity index (χ4v) is 2.64. The second kappa shape index (κ2) is 4.89. The molecular weight excluding hydrogens is 222 g/mol. The summed E-state index contributed by atoms with van der Waals surface area (Å²) in [5.41, 5.74) is 4.97. The lowest BCUT2D eigenvalue weighted by molar-refractivity contribution is 0.325. The maximum Gasteiger partial charge on any atom is 0.0885 e. The van der Waals surface area contributed by atoms with Crippen LogP contribution in [0.15, 0.2) is 30.5 Å². The zero-order valence-corrected chi connectivity index (χ0v) is 11.4. The van der Waals surface area contributed by atoms with E-state index >= 15 is 0 Å². The number of H-pyrrole nitrogens is 1. The number of aliphatic hydroxyl groups is 1. The van der Waals surface area contributed by atoms with E-state index in [9.17, 15) is 5.11 Å². The summed E-state index contributed by atoms with van der Waals surface area (Å²) in [6.07, 6.45) is 1.76. The molecule has 1 aromatic heterocycles. The largest absolute Gasteiger partial charge is 0.513 e. The van der Waals surface area contributed by atoms with E-state index in [0.717, 1.165) is 12.8 Å². The Labute approximate surface area is 108 Å². The lowest BCUT2D eigenvalue weighted by atomic mass is 9.92. The molecule has 0 aliphatic carbocycles. The maximum atomic E-state index is 9.64. The third-order valence-electron chi connectivity index (χ3n) is 3.76. The number of fused-ring (bicyclic) bond motifs is 1. The summed E-state index contributed by atoms with van der Waals surface area (Å²) < 4.78 is 0. The van der Waals surface area contributed by atoms with E-state index in [1.807, 2.05) is 0 Å². The van der Waals surface area contributed by atoms with Crippen LogP contribution in [0.4, 0.5) is 0 Å². The molecule has 1 unspecified atom stereocenters. The number of aromatic amines is 1. The molecule has 0 amide bonds. The molecular formula is C16H21NO. The zero-order valence-electron chi connectivity index (χ0n) is 11.4. The van der Waals surface area contributed by atoms with Crippen molar-refractivity contribution in [1.82, 2.24) is 4.98 Å². The van der Waals surface area contributed by atoms with Gasteiger partial charge in [0.15, 0.2) is 0 Å². The average Bonchev–Trinajstić information content (AvgIpc) is 2.63. The van der Waals surface area contributed by atoms with Gasteiger partial charge in [0.25, 0.3) is 0 Å². The van der Waals surface area contributed by atoms with Gasteiger partial charge in [0.1, 0.15) is 0 Å². The van der Waals surface area contributed by atoms with Gasteiger partial charge in [0, 0.05) is 22.5 Å². The van der Waals surface area contributed by atoms with Crippen LogP contribution in [-0.2, 0) is 6.42 Å². The average molecular weight is 243 g/mol. The first-order valence-electron chi connectivity index (χ1n) is 6.49. The van der Waals surface area contributed by atoms with Gasteiger partial charge in [-0.1, -0.05) is 25.6 Å². The van der Waals surface area contributed by atoms with Gasteiger partial charge in [-0.25, -0.2) is 0 Å². The molecule has 0 aliphatic heterocycles. The smallest absolute Gasteiger partial charge is 0.0885 e. The monoisotopic (exact) mass is 243 g/mol. The van der Waals surface area contributed by atoms with Crippen LogP contribution >= 0.6 is 0 Å². The van der Waals surface area contributed by atoms with Crippen molar-refractivity contribution in [2.24, 2.45) is 5.92 Å². The van der Waals surface area contributed by atoms with Crippen molar-refractivity contribution < 1.29 is 5.11 Å². The molecule has 96 valence electrons. The number of hydrogen-bond donors (Lipinski definition) is 2. The lowest BCUT2D eigenvalue weighted by Gasteiger charge is -2.14. The van der Waals surface area contributed by atoms with Crippen molar-refractivity contribution in [3.63, 3.8) is 0 Å². The Hall–Kier alpha value is -1.70. The van der Waals surface area contributed by atoms with Gasteiger partial charge in [-0.3, -0.25) is 0 Å². The molecule has 1 heterocycles. The standard InChI is InChI=1S/C16H21NO/c1-5-13(12(4)18)9-14-11(3)17-15-8-6-7-10(2)16(14)15/h6-8,13,17-18H,4-5,9H2,1-3H3. The molecule has 2 rings (SSSR count). The van der Waals surface area contributed by atoms with Crippen LogP contribution in [-0.4, -0.2) is 10.1 Å². The van der Waals surface area contributed by atoms with Gasteiger partial charge < -0.3 is 10.1 Å². The first-order valence-corrected chi connectivity index (χ1v) is 6.49. The molecule has 2 nitrogen and oxygen atoms in total. The molecule has 0 spiro atoms. The van der Waals surface area contributed by atoms with E-state index in [0.29, 0.717) is 5.76 Å². The SMILES string of the molecule is C=C(O)C(CC)Cc1c(C)[nH]c2cccc(C)c12. The third-order valence-corrected chi connectivity index (χ3v) is 3.76. The van der Waals surface area contributed by atoms with Crippen molar-refractivity contribution in [3.8, 4) is 0 Å². The van der Waals surface area contributed by atoms with Gasteiger partial charge in [0.05, 0.1) is 5.76 Å². The first kappa shape index (κ1) is 12.7. The molecule has 0 saturated carbocycles. The third kappa shape index (κ3) is 2.15. The second-order valence-corrected chi connectivity index (χ2v) is 5.03. The van der Waals surface area contributed by atoms with Crippen molar-refractivity contribution in [2.45, 2.75) is 33.6 Å². The van der Waals surface area contributed by atoms with Crippen LogP contribution < -0.4 is 0 Å². The predicted molar refractivity (Wildman–Crippen MR) is 77.0 cm³/mol. The molecule has 0 saturated heterocycles. The van der Waals surface area contributed by atoms with Gasteiger partial charge in [-0.05, 0) is 43.9 Å². The zero-order chi connectivity index (χ0) is 13.3. The van der Waals surface area contributed by atoms with Crippen LogP contribution in [0.5, 0.6) is 0 Å². The molecule has 2 N–H and O–H groups in total. The van der Waals surface area contributed by atoms with Gasteiger partial charge in [0.2, 0.25) is 0 Å². The van der Waals surface area contributed by atoms with Crippen LogP contribution in [0.25, 0.3) is 10.9 Å². The minimum absolute atomic E-state index is 0.141. The van der Waals surface area contributed by atoms with E-state index in [1.165, 1.54) is 27.7 Å². The molecule has 0 bridgehead atoms. The topological polar surface area (TPSA) is 36.0 Å². The van der Waals surface area contributed by atoms with Crippen LogP contribution in [0.1, 0.15) is 30.2 Å². The first-order chi connectivity index (χ1) is 8.54. The Morgan fingerprint density at radius 2 is 2.11 bits per heavy atom. The summed E-state index contributed by atoms with van der Waals surface area (Å²) in [4.78, 5) is 3.42. The summed E-state index contributed by atoms with van der Waals surface area (Å²) >= 11 is 0. The number of nitrogens with one attached hydrogen (secondary N) is 1. The normalized spacial score (nSPS) is 12.8. The minimum atomic E-state index is 0.141. The molecule has 2 heteroatoms. The number of aliphatic hydroxyl groups excluding tert-OH is 1. The summed E-state index contributed by atoms with van der Waals surface area (Å²) in [5.74, 6) is 0.433. The molecule has 0 radical (unpaired) electrons. The highest BCUT2D eigenvalue weighted by Gasteiger charge is 2.16. The quantitative estimate of drug-likeness (QED) is 0.766. The summed E-state index contributed by atoms with van der Waals surface area (Å²) in [5, 5.41) is 10.9. The predicted octanol–water partition coefficient (Wildman–Crippen LogP) is 4.43. The second-order valence-electron chi connectivity index (χ2n) is 5.03. The molecule has 0 fully saturated rings. The fraction of sp³-hybridized carbons (Fsp3) is 0.375. The van der Waals surface area contributed by atoms with E-state index < -0.39 is 0 Å². The maximum absolute atomic E-state index is 9.64. The van der Waals surface area contributed by atoms with Crippen LogP contribution in [0.2, 0.25) is 0 Å². The highest BCUT2D eigenvalue weighted by Crippen LogP contribution is 2.29. The molecule has 2 aromatic rings. The Bertz CT molecular complexity index is 580. The Balaban J connectivity index is 2.50. The Morgan fingerprint density at radius 1 is 1.39 bits per heavy atom. The van der Waals surface area contributed by atoms with Gasteiger partial charge >= 0.3 is 0 Å². The minimum Gasteiger partial charge on any atom is -0.513 e. The molecule has 1 atom stereocenters. The van der Waals surface area contributed by atoms with Crippen molar-refractivity contribution >= 4 is 10.9 Å². The van der Waals surface area contributed by atoms with E-state index in [1.54, 1.807) is 0 Å². The number of hydrogen-bond acceptors (Lipinski definition) is 1. The van der Waals surface area contributed by atoms with Gasteiger partial charge in [-0.15, -0.1) is 0 Å².